The molecule has 0 radical (unpaired) electrons. The summed E-state index contributed by atoms with van der Waals surface area (Å²) < 4.78 is 15.1. The van der Waals surface area contributed by atoms with Gasteiger partial charge in [-0.3, -0.25) is 0 Å². The Kier molecular flexibility index (Phi) is 12.4. The molecule has 0 aliphatic carbocycles. The first-order valence-corrected chi connectivity index (χ1v) is 5.57. The van der Waals surface area contributed by atoms with Crippen molar-refractivity contribution in [2.45, 2.75) is 27.7 Å². The highest BCUT2D eigenvalue weighted by Gasteiger charge is 2.00. The summed E-state index contributed by atoms with van der Waals surface area (Å²) in [4.78, 5) is 0. The molecule has 0 saturated heterocycles. The second kappa shape index (κ2) is 11.7. The van der Waals surface area contributed by atoms with Gasteiger partial charge < -0.3 is 14.2 Å². The zero-order chi connectivity index (χ0) is 13.0. The van der Waals surface area contributed by atoms with Crippen LogP contribution in [0.5, 0.6) is 17.2 Å². The van der Waals surface area contributed by atoms with Gasteiger partial charge >= 0.3 is 0 Å². The molecule has 1 aromatic carbocycles. The van der Waals surface area contributed by atoms with Crippen LogP contribution in [0.3, 0.4) is 0 Å². The van der Waals surface area contributed by atoms with E-state index >= 15 is 0 Å². The van der Waals surface area contributed by atoms with E-state index in [4.69, 9.17) is 14.2 Å². The fraction of sp³-hybridized carbons (Fsp3) is 0.538. The van der Waals surface area contributed by atoms with Crippen molar-refractivity contribution in [3.05, 3.63) is 18.2 Å². The van der Waals surface area contributed by atoms with Crippen molar-refractivity contribution in [1.82, 2.24) is 0 Å². The lowest BCUT2D eigenvalue weighted by molar-refractivity contribution is 0.375. The van der Waals surface area contributed by atoms with Crippen molar-refractivity contribution in [3.63, 3.8) is 0 Å². The van der Waals surface area contributed by atoms with Gasteiger partial charge in [0.05, 0.1) is 21.3 Å². The van der Waals surface area contributed by atoms with Gasteiger partial charge in [0, 0.05) is 18.2 Å². The first kappa shape index (κ1) is 17.0. The largest absolute Gasteiger partial charge is 0.496 e. The lowest BCUT2D eigenvalue weighted by Crippen LogP contribution is -1.89. The maximum absolute atomic E-state index is 5.04. The molecular formula is C13H24O3. The highest BCUT2D eigenvalue weighted by molar-refractivity contribution is 5.41. The summed E-state index contributed by atoms with van der Waals surface area (Å²) >= 11 is 0. The van der Waals surface area contributed by atoms with Gasteiger partial charge in [0.25, 0.3) is 0 Å². The Hall–Kier alpha value is -1.38. The van der Waals surface area contributed by atoms with Crippen LogP contribution in [-0.4, -0.2) is 21.3 Å². The smallest absolute Gasteiger partial charge is 0.126 e. The molecule has 16 heavy (non-hydrogen) atoms. The van der Waals surface area contributed by atoms with Crippen LogP contribution in [0.15, 0.2) is 18.2 Å². The maximum Gasteiger partial charge on any atom is 0.126 e. The van der Waals surface area contributed by atoms with Crippen LogP contribution >= 0.6 is 0 Å². The summed E-state index contributed by atoms with van der Waals surface area (Å²) in [5.74, 6) is 2.18. The minimum Gasteiger partial charge on any atom is -0.496 e. The number of ether oxygens (including phenoxy) is 3. The molecule has 3 heteroatoms. The van der Waals surface area contributed by atoms with Crippen LogP contribution in [0.25, 0.3) is 0 Å². The summed E-state index contributed by atoms with van der Waals surface area (Å²) in [7, 11) is 4.82. The summed E-state index contributed by atoms with van der Waals surface area (Å²) in [5, 5.41) is 0. The Bertz CT molecular complexity index is 204. The lowest BCUT2D eigenvalue weighted by atomic mass is 10.3. The van der Waals surface area contributed by atoms with E-state index in [2.05, 4.69) is 0 Å². The molecule has 0 unspecified atom stereocenters. The first-order chi connectivity index (χ1) is 7.80. The molecule has 0 aliphatic rings. The van der Waals surface area contributed by atoms with Crippen molar-refractivity contribution < 1.29 is 14.2 Å². The normalized spacial score (nSPS) is 7.69. The molecule has 0 bridgehead atoms. The third-order valence-corrected chi connectivity index (χ3v) is 1.56. The predicted molar refractivity (Wildman–Crippen MR) is 68.8 cm³/mol. The molecule has 0 aliphatic heterocycles. The Morgan fingerprint density at radius 3 is 0.875 bits per heavy atom. The van der Waals surface area contributed by atoms with E-state index in [1.807, 2.05) is 27.7 Å². The molecule has 1 aromatic rings. The second-order valence-corrected chi connectivity index (χ2v) is 2.25. The average molecular weight is 228 g/mol. The highest BCUT2D eigenvalue weighted by Crippen LogP contribution is 2.26. The maximum atomic E-state index is 5.04. The molecule has 0 heterocycles. The van der Waals surface area contributed by atoms with Crippen LogP contribution in [0.4, 0.5) is 0 Å². The zero-order valence-electron chi connectivity index (χ0n) is 11.5. The van der Waals surface area contributed by atoms with Crippen LogP contribution in [0, 0.1) is 0 Å². The van der Waals surface area contributed by atoms with Gasteiger partial charge in [-0.1, -0.05) is 27.7 Å². The molecule has 0 spiro atoms. The van der Waals surface area contributed by atoms with Gasteiger partial charge in [-0.15, -0.1) is 0 Å². The number of benzene rings is 1. The average Bonchev–Trinajstić information content (AvgIpc) is 2.42. The molecule has 0 atom stereocenters. The third kappa shape index (κ3) is 6.17. The van der Waals surface area contributed by atoms with Crippen LogP contribution in [0.2, 0.25) is 0 Å². The van der Waals surface area contributed by atoms with Gasteiger partial charge in [-0.05, 0) is 0 Å². The molecule has 94 valence electrons. The van der Waals surface area contributed by atoms with Gasteiger partial charge in [0.1, 0.15) is 17.2 Å². The quantitative estimate of drug-likeness (QED) is 0.788. The van der Waals surface area contributed by atoms with Crippen molar-refractivity contribution >= 4 is 0 Å². The van der Waals surface area contributed by atoms with Crippen molar-refractivity contribution in [2.24, 2.45) is 0 Å². The van der Waals surface area contributed by atoms with Gasteiger partial charge in [0.15, 0.2) is 0 Å². The number of hydrogen-bond donors (Lipinski definition) is 0. The van der Waals surface area contributed by atoms with Gasteiger partial charge in [-0.2, -0.15) is 0 Å². The Morgan fingerprint density at radius 1 is 0.562 bits per heavy atom. The highest BCUT2D eigenvalue weighted by atomic mass is 16.5. The van der Waals surface area contributed by atoms with E-state index in [1.54, 1.807) is 39.5 Å². The number of methoxy groups -OCH3 is 3. The topological polar surface area (TPSA) is 27.7 Å². The van der Waals surface area contributed by atoms with E-state index in [0.717, 1.165) is 17.2 Å². The fourth-order valence-corrected chi connectivity index (χ4v) is 0.899. The Balaban J connectivity index is 0. The third-order valence-electron chi connectivity index (χ3n) is 1.56. The SMILES string of the molecule is CC.CC.COc1cc(OC)cc(OC)c1. The first-order valence-electron chi connectivity index (χ1n) is 5.57. The molecule has 1 rings (SSSR count). The molecule has 0 fully saturated rings. The van der Waals surface area contributed by atoms with Crippen LogP contribution in [-0.2, 0) is 0 Å². The molecule has 0 aromatic heterocycles. The predicted octanol–water partition coefficient (Wildman–Crippen LogP) is 3.76. The monoisotopic (exact) mass is 228 g/mol. The molecule has 0 N–H and O–H groups in total. The summed E-state index contributed by atoms with van der Waals surface area (Å²) in [6.07, 6.45) is 0. The zero-order valence-corrected chi connectivity index (χ0v) is 11.5. The minimum atomic E-state index is 0.728. The molecule has 0 amide bonds. The summed E-state index contributed by atoms with van der Waals surface area (Å²) in [5.41, 5.74) is 0. The summed E-state index contributed by atoms with van der Waals surface area (Å²) in [6, 6.07) is 5.38. The molecular weight excluding hydrogens is 204 g/mol. The second-order valence-electron chi connectivity index (χ2n) is 2.25. The van der Waals surface area contributed by atoms with Crippen LogP contribution < -0.4 is 14.2 Å². The molecule has 3 nitrogen and oxygen atoms in total. The Labute approximate surface area is 99.3 Å². The van der Waals surface area contributed by atoms with E-state index in [0.29, 0.717) is 0 Å². The van der Waals surface area contributed by atoms with Gasteiger partial charge in [0.2, 0.25) is 0 Å². The number of rotatable bonds is 3. The lowest BCUT2D eigenvalue weighted by Gasteiger charge is -2.06. The van der Waals surface area contributed by atoms with Crippen molar-refractivity contribution in [3.8, 4) is 17.2 Å². The van der Waals surface area contributed by atoms with E-state index < -0.39 is 0 Å². The summed E-state index contributed by atoms with van der Waals surface area (Å²) in [6.45, 7) is 8.00. The molecule has 0 saturated carbocycles. The minimum absolute atomic E-state index is 0.728. The van der Waals surface area contributed by atoms with Crippen LogP contribution in [0.1, 0.15) is 27.7 Å². The standard InChI is InChI=1S/C9H12O3.2C2H6/c1-10-7-4-8(11-2)6-9(5-7)12-3;2*1-2/h4-6H,1-3H3;2*1-2H3. The Morgan fingerprint density at radius 2 is 0.750 bits per heavy atom. The van der Waals surface area contributed by atoms with Crippen molar-refractivity contribution in [2.75, 3.05) is 21.3 Å². The van der Waals surface area contributed by atoms with Gasteiger partial charge in [-0.25, -0.2) is 0 Å². The number of hydrogen-bond acceptors (Lipinski definition) is 3. The van der Waals surface area contributed by atoms with Crippen molar-refractivity contribution in [1.29, 1.82) is 0 Å². The fourth-order valence-electron chi connectivity index (χ4n) is 0.899. The van der Waals surface area contributed by atoms with E-state index in [1.165, 1.54) is 0 Å². The van der Waals surface area contributed by atoms with E-state index in [-0.39, 0.29) is 0 Å². The van der Waals surface area contributed by atoms with E-state index in [9.17, 15) is 0 Å².